The molecule has 0 fully saturated rings. The Kier molecular flexibility index (Phi) is 5.29. The summed E-state index contributed by atoms with van der Waals surface area (Å²) in [4.78, 5) is 10.4. The summed E-state index contributed by atoms with van der Waals surface area (Å²) in [6.07, 6.45) is 0. The van der Waals surface area contributed by atoms with Crippen LogP contribution in [0.2, 0.25) is 5.02 Å². The van der Waals surface area contributed by atoms with Gasteiger partial charge in [0.15, 0.2) is 0 Å². The molecule has 0 saturated heterocycles. The number of hydrogen-bond donors (Lipinski definition) is 1. The quantitative estimate of drug-likeness (QED) is 0.830. The highest BCUT2D eigenvalue weighted by Crippen LogP contribution is 2.21. The Balaban J connectivity index is 2.38. The fourth-order valence-electron chi connectivity index (χ4n) is 0.959. The Morgan fingerprint density at radius 2 is 2.13 bits per heavy atom. The first-order chi connectivity index (χ1) is 7.11. The van der Waals surface area contributed by atoms with E-state index in [1.165, 1.54) is 11.8 Å². The largest absolute Gasteiger partial charge is 0.480 e. The van der Waals surface area contributed by atoms with Crippen molar-refractivity contribution in [2.24, 2.45) is 0 Å². The summed E-state index contributed by atoms with van der Waals surface area (Å²) in [7, 11) is 0. The van der Waals surface area contributed by atoms with Crippen molar-refractivity contribution >= 4 is 40.9 Å². The molecule has 0 aromatic heterocycles. The predicted octanol–water partition coefficient (Wildman–Crippen LogP) is 3.27. The molecule has 0 spiro atoms. The second-order valence-corrected chi connectivity index (χ2v) is 4.88. The average Bonchev–Trinajstić information content (AvgIpc) is 2.20. The monoisotopic (exact) mass is 264 g/mol. The first-order valence-electron chi connectivity index (χ1n) is 4.29. The Labute approximate surface area is 103 Å². The van der Waals surface area contributed by atoms with Gasteiger partial charge in [-0.1, -0.05) is 29.8 Å². The lowest BCUT2D eigenvalue weighted by Gasteiger charge is -2.05. The van der Waals surface area contributed by atoms with E-state index in [1.54, 1.807) is 0 Å². The molecule has 1 aromatic carbocycles. The van der Waals surface area contributed by atoms with E-state index in [0.717, 1.165) is 5.56 Å². The van der Waals surface area contributed by atoms with Gasteiger partial charge in [-0.05, 0) is 11.6 Å². The van der Waals surface area contributed by atoms with Crippen LogP contribution < -0.4 is 0 Å². The Morgan fingerprint density at radius 1 is 1.47 bits per heavy atom. The molecule has 82 valence electrons. The van der Waals surface area contributed by atoms with Gasteiger partial charge in [0.2, 0.25) is 0 Å². The minimum atomic E-state index is -0.983. The van der Waals surface area contributed by atoms with Crippen LogP contribution in [0.15, 0.2) is 24.3 Å². The van der Waals surface area contributed by atoms with E-state index < -0.39 is 11.3 Å². The van der Waals surface area contributed by atoms with E-state index in [4.69, 9.17) is 28.3 Å². The van der Waals surface area contributed by atoms with Gasteiger partial charge in [0.1, 0.15) is 5.38 Å². The zero-order valence-electron chi connectivity index (χ0n) is 7.82. The van der Waals surface area contributed by atoms with Gasteiger partial charge >= 0.3 is 5.97 Å². The predicted molar refractivity (Wildman–Crippen MR) is 64.9 cm³/mol. The van der Waals surface area contributed by atoms with Gasteiger partial charge in [-0.25, -0.2) is 0 Å². The van der Waals surface area contributed by atoms with Gasteiger partial charge in [-0.2, -0.15) is 11.8 Å². The highest BCUT2D eigenvalue weighted by Gasteiger charge is 2.13. The first-order valence-corrected chi connectivity index (χ1v) is 6.26. The second-order valence-electron chi connectivity index (χ2n) is 2.91. The Hall–Kier alpha value is -0.380. The van der Waals surface area contributed by atoms with E-state index >= 15 is 0 Å². The maximum Gasteiger partial charge on any atom is 0.322 e. The average molecular weight is 265 g/mol. The molecule has 0 radical (unpaired) electrons. The maximum absolute atomic E-state index is 10.4. The Morgan fingerprint density at radius 3 is 2.73 bits per heavy atom. The van der Waals surface area contributed by atoms with Gasteiger partial charge in [0.25, 0.3) is 0 Å². The number of rotatable bonds is 5. The molecule has 0 amide bonds. The lowest BCUT2D eigenvalue weighted by molar-refractivity contribution is -0.136. The third-order valence-electron chi connectivity index (χ3n) is 1.75. The molecule has 0 aliphatic rings. The third-order valence-corrected chi connectivity index (χ3v) is 3.72. The number of thioether (sulfide) groups is 1. The summed E-state index contributed by atoms with van der Waals surface area (Å²) in [5.74, 6) is 0.0708. The number of carbonyl (C=O) groups is 1. The van der Waals surface area contributed by atoms with Crippen molar-refractivity contribution in [3.8, 4) is 0 Å². The van der Waals surface area contributed by atoms with Crippen LogP contribution in [0, 0.1) is 0 Å². The van der Waals surface area contributed by atoms with E-state index in [0.29, 0.717) is 16.5 Å². The van der Waals surface area contributed by atoms with Gasteiger partial charge < -0.3 is 5.11 Å². The molecule has 0 aliphatic heterocycles. The zero-order chi connectivity index (χ0) is 11.3. The van der Waals surface area contributed by atoms with Crippen molar-refractivity contribution in [3.63, 3.8) is 0 Å². The van der Waals surface area contributed by atoms with Crippen LogP contribution in [0.5, 0.6) is 0 Å². The molecular weight excluding hydrogens is 255 g/mol. The molecule has 0 bridgehead atoms. The summed E-state index contributed by atoms with van der Waals surface area (Å²) < 4.78 is 0. The number of halogens is 2. The maximum atomic E-state index is 10.4. The van der Waals surface area contributed by atoms with Crippen molar-refractivity contribution in [2.75, 3.05) is 5.75 Å². The van der Waals surface area contributed by atoms with Crippen molar-refractivity contribution in [2.45, 2.75) is 11.1 Å². The van der Waals surface area contributed by atoms with Crippen molar-refractivity contribution in [1.29, 1.82) is 0 Å². The van der Waals surface area contributed by atoms with Crippen LogP contribution in [0.3, 0.4) is 0 Å². The van der Waals surface area contributed by atoms with Crippen molar-refractivity contribution < 1.29 is 9.90 Å². The van der Waals surface area contributed by atoms with Gasteiger partial charge in [0.05, 0.1) is 0 Å². The van der Waals surface area contributed by atoms with Crippen molar-refractivity contribution in [1.82, 2.24) is 0 Å². The zero-order valence-corrected chi connectivity index (χ0v) is 10.1. The molecule has 1 N–H and O–H groups in total. The highest BCUT2D eigenvalue weighted by molar-refractivity contribution is 7.98. The van der Waals surface area contributed by atoms with Crippen LogP contribution in [0.1, 0.15) is 5.56 Å². The van der Waals surface area contributed by atoms with Crippen LogP contribution in [-0.4, -0.2) is 22.2 Å². The fraction of sp³-hybridized carbons (Fsp3) is 0.300. The van der Waals surface area contributed by atoms with Gasteiger partial charge in [-0.3, -0.25) is 4.79 Å². The van der Waals surface area contributed by atoms with Crippen molar-refractivity contribution in [3.05, 3.63) is 34.9 Å². The minimum Gasteiger partial charge on any atom is -0.480 e. The Bertz CT molecular complexity index is 344. The van der Waals surface area contributed by atoms with Crippen LogP contribution >= 0.6 is 35.0 Å². The molecule has 0 aliphatic carbocycles. The molecule has 0 saturated carbocycles. The van der Waals surface area contributed by atoms with Gasteiger partial charge in [-0.15, -0.1) is 11.6 Å². The summed E-state index contributed by atoms with van der Waals surface area (Å²) >= 11 is 13.0. The summed E-state index contributed by atoms with van der Waals surface area (Å²) in [5.41, 5.74) is 0.999. The van der Waals surface area contributed by atoms with Crippen LogP contribution in [0.25, 0.3) is 0 Å². The molecule has 1 rings (SSSR count). The third kappa shape index (κ3) is 4.33. The van der Waals surface area contributed by atoms with E-state index in [9.17, 15) is 4.79 Å². The molecule has 1 unspecified atom stereocenters. The number of benzene rings is 1. The smallest absolute Gasteiger partial charge is 0.322 e. The standard InChI is InChI=1S/C10H10Cl2O2S/c11-8-4-2-1-3-7(8)5-15-6-9(12)10(13)14/h1-4,9H,5-6H2,(H,13,14). The van der Waals surface area contributed by atoms with Crippen LogP contribution in [-0.2, 0) is 10.5 Å². The van der Waals surface area contributed by atoms with E-state index in [-0.39, 0.29) is 0 Å². The highest BCUT2D eigenvalue weighted by atomic mass is 35.5. The molecule has 15 heavy (non-hydrogen) atoms. The molecule has 1 atom stereocenters. The minimum absolute atomic E-state index is 0.377. The lowest BCUT2D eigenvalue weighted by Crippen LogP contribution is -2.15. The molecule has 2 nitrogen and oxygen atoms in total. The second kappa shape index (κ2) is 6.26. The van der Waals surface area contributed by atoms with Crippen LogP contribution in [0.4, 0.5) is 0 Å². The lowest BCUT2D eigenvalue weighted by atomic mass is 10.2. The molecule has 5 heteroatoms. The fourth-order valence-corrected chi connectivity index (χ4v) is 2.45. The summed E-state index contributed by atoms with van der Waals surface area (Å²) in [6, 6.07) is 7.49. The SMILES string of the molecule is O=C(O)C(Cl)CSCc1ccccc1Cl. The normalized spacial score (nSPS) is 12.4. The number of alkyl halides is 1. The molecule has 0 heterocycles. The number of carboxylic acids is 1. The topological polar surface area (TPSA) is 37.3 Å². The number of hydrogen-bond acceptors (Lipinski definition) is 2. The summed E-state index contributed by atoms with van der Waals surface area (Å²) in [5, 5.41) is 8.43. The number of carboxylic acid groups (broad SMARTS) is 1. The molecular formula is C10H10Cl2O2S. The van der Waals surface area contributed by atoms with Gasteiger partial charge in [0, 0.05) is 16.5 Å². The molecule has 1 aromatic rings. The van der Waals surface area contributed by atoms with E-state index in [1.807, 2.05) is 24.3 Å². The summed E-state index contributed by atoms with van der Waals surface area (Å²) in [6.45, 7) is 0. The first kappa shape index (κ1) is 12.7. The number of aliphatic carboxylic acids is 1. The van der Waals surface area contributed by atoms with E-state index in [2.05, 4.69) is 0 Å².